The molecule has 0 radical (unpaired) electrons. The summed E-state index contributed by atoms with van der Waals surface area (Å²) < 4.78 is 38.5. The van der Waals surface area contributed by atoms with E-state index in [2.05, 4.69) is 15.9 Å². The maximum Gasteiger partial charge on any atom is 0.391 e. The van der Waals surface area contributed by atoms with Gasteiger partial charge in [-0.25, -0.2) is 0 Å². The first-order valence-corrected chi connectivity index (χ1v) is 7.27. The Morgan fingerprint density at radius 1 is 1.26 bits per heavy atom. The Morgan fingerprint density at radius 3 is 2.47 bits per heavy atom. The Balaban J connectivity index is 1.94. The molecule has 0 aliphatic carbocycles. The molecule has 1 heterocycles. The Hall–Kier alpha value is -0.260. The molecule has 1 aliphatic heterocycles. The molecule has 0 unspecified atom stereocenters. The van der Waals surface area contributed by atoms with Crippen LogP contribution in [0.3, 0.4) is 0 Å². The van der Waals surface area contributed by atoms with Gasteiger partial charge in [-0.2, -0.15) is 13.2 Å². The zero-order chi connectivity index (χ0) is 14.0. The lowest BCUT2D eigenvalue weighted by Crippen LogP contribution is -2.38. The molecule has 0 aromatic heterocycles. The highest BCUT2D eigenvalue weighted by atomic mass is 79.9. The quantitative estimate of drug-likeness (QED) is 0.730. The van der Waals surface area contributed by atoms with Crippen LogP contribution in [0.25, 0.3) is 0 Å². The number of hydrogen-bond donors (Lipinski definition) is 0. The lowest BCUT2D eigenvalue weighted by atomic mass is 9.96. The largest absolute Gasteiger partial charge is 0.391 e. The third-order valence-corrected chi connectivity index (χ3v) is 4.81. The molecule has 1 saturated heterocycles. The summed E-state index contributed by atoms with van der Waals surface area (Å²) >= 11 is 9.51. The summed E-state index contributed by atoms with van der Waals surface area (Å²) in [5.74, 6) is -1.15. The minimum atomic E-state index is -4.06. The van der Waals surface area contributed by atoms with Crippen molar-refractivity contribution in [3.8, 4) is 0 Å². The van der Waals surface area contributed by atoms with Crippen molar-refractivity contribution < 1.29 is 13.2 Å². The van der Waals surface area contributed by atoms with E-state index >= 15 is 0 Å². The van der Waals surface area contributed by atoms with Crippen molar-refractivity contribution in [3.63, 3.8) is 0 Å². The smallest absolute Gasteiger partial charge is 0.299 e. The molecule has 6 heteroatoms. The molecule has 0 saturated carbocycles. The van der Waals surface area contributed by atoms with Crippen LogP contribution in [0.2, 0.25) is 5.02 Å². The molecule has 19 heavy (non-hydrogen) atoms. The van der Waals surface area contributed by atoms with Crippen molar-refractivity contribution >= 4 is 27.5 Å². The van der Waals surface area contributed by atoms with E-state index in [0.717, 1.165) is 10.0 Å². The molecule has 0 amide bonds. The van der Waals surface area contributed by atoms with Gasteiger partial charge in [0.25, 0.3) is 0 Å². The Morgan fingerprint density at radius 2 is 1.89 bits per heavy atom. The summed E-state index contributed by atoms with van der Waals surface area (Å²) in [6.07, 6.45) is -3.70. The number of nitrogens with zero attached hydrogens (tertiary/aromatic N) is 1. The lowest BCUT2D eigenvalue weighted by molar-refractivity contribution is -0.185. The minimum absolute atomic E-state index is 0.176. The molecule has 2 rings (SSSR count). The summed E-state index contributed by atoms with van der Waals surface area (Å²) in [5.41, 5.74) is 0.946. The summed E-state index contributed by atoms with van der Waals surface area (Å²) in [4.78, 5) is 2.02. The van der Waals surface area contributed by atoms with Gasteiger partial charge < -0.3 is 0 Å². The second kappa shape index (κ2) is 6.02. The number of benzene rings is 1. The third kappa shape index (κ3) is 3.86. The molecule has 106 valence electrons. The molecule has 1 fully saturated rings. The molecule has 1 aliphatic rings. The average molecular weight is 357 g/mol. The van der Waals surface area contributed by atoms with Crippen molar-refractivity contribution in [3.05, 3.63) is 33.3 Å². The van der Waals surface area contributed by atoms with E-state index in [4.69, 9.17) is 11.6 Å². The van der Waals surface area contributed by atoms with Crippen molar-refractivity contribution in [1.82, 2.24) is 4.90 Å². The van der Waals surface area contributed by atoms with E-state index in [9.17, 15) is 13.2 Å². The fraction of sp³-hybridized carbons (Fsp3) is 0.538. The summed E-state index contributed by atoms with van der Waals surface area (Å²) in [6.45, 7) is 1.53. The van der Waals surface area contributed by atoms with Crippen LogP contribution in [0.15, 0.2) is 22.7 Å². The van der Waals surface area contributed by atoms with Crippen LogP contribution in [0.1, 0.15) is 18.4 Å². The number of rotatable bonds is 2. The van der Waals surface area contributed by atoms with Crippen molar-refractivity contribution in [2.45, 2.75) is 25.6 Å². The normalized spacial score (nSPS) is 18.8. The highest BCUT2D eigenvalue weighted by Gasteiger charge is 2.40. The minimum Gasteiger partial charge on any atom is -0.299 e. The molecule has 1 aromatic rings. The zero-order valence-electron chi connectivity index (χ0n) is 10.2. The highest BCUT2D eigenvalue weighted by Crippen LogP contribution is 2.35. The van der Waals surface area contributed by atoms with Crippen LogP contribution < -0.4 is 0 Å². The van der Waals surface area contributed by atoms with Crippen molar-refractivity contribution in [1.29, 1.82) is 0 Å². The lowest BCUT2D eigenvalue weighted by Gasteiger charge is -2.33. The standard InChI is InChI=1S/C13H14BrClF3N/c14-11-3-1-2-9(12(11)15)8-19-6-4-10(5-7-19)13(16,17)18/h1-3,10H,4-8H2. The van der Waals surface area contributed by atoms with Crippen LogP contribution in [0.5, 0.6) is 0 Å². The van der Waals surface area contributed by atoms with Gasteiger partial charge in [0.15, 0.2) is 0 Å². The predicted octanol–water partition coefficient (Wildman–Crippen LogP) is 4.88. The van der Waals surface area contributed by atoms with Crippen LogP contribution in [0, 0.1) is 5.92 Å². The molecular weight excluding hydrogens is 343 g/mol. The van der Waals surface area contributed by atoms with Gasteiger partial charge in [0.05, 0.1) is 10.9 Å². The molecule has 0 N–H and O–H groups in total. The van der Waals surface area contributed by atoms with Crippen molar-refractivity contribution in [2.75, 3.05) is 13.1 Å². The Labute approximate surface area is 123 Å². The van der Waals surface area contributed by atoms with Gasteiger partial charge in [-0.1, -0.05) is 23.7 Å². The Bertz CT molecular complexity index is 442. The van der Waals surface area contributed by atoms with Gasteiger partial charge in [-0.05, 0) is 53.5 Å². The van der Waals surface area contributed by atoms with Gasteiger partial charge in [0.2, 0.25) is 0 Å². The van der Waals surface area contributed by atoms with Gasteiger partial charge in [0, 0.05) is 11.0 Å². The number of hydrogen-bond acceptors (Lipinski definition) is 1. The third-order valence-electron chi connectivity index (χ3n) is 3.48. The van der Waals surface area contributed by atoms with Gasteiger partial charge >= 0.3 is 6.18 Å². The second-order valence-corrected chi connectivity index (χ2v) is 6.04. The van der Waals surface area contributed by atoms with E-state index < -0.39 is 12.1 Å². The maximum atomic E-state index is 12.6. The summed E-state index contributed by atoms with van der Waals surface area (Å²) in [5, 5.41) is 0.639. The van der Waals surface area contributed by atoms with E-state index in [1.807, 2.05) is 23.1 Å². The molecule has 0 spiro atoms. The number of alkyl halides is 3. The number of piperidine rings is 1. The SMILES string of the molecule is FC(F)(F)C1CCN(Cc2cccc(Br)c2Cl)CC1. The summed E-state index contributed by atoms with van der Waals surface area (Å²) in [7, 11) is 0. The fourth-order valence-corrected chi connectivity index (χ4v) is 2.92. The highest BCUT2D eigenvalue weighted by molar-refractivity contribution is 9.10. The monoisotopic (exact) mass is 355 g/mol. The maximum absolute atomic E-state index is 12.6. The van der Waals surface area contributed by atoms with Crippen LogP contribution in [-0.2, 0) is 6.54 Å². The average Bonchev–Trinajstić information content (AvgIpc) is 2.35. The molecular formula is C13H14BrClF3N. The van der Waals surface area contributed by atoms with Crippen LogP contribution in [0.4, 0.5) is 13.2 Å². The first kappa shape index (κ1) is 15.1. The molecule has 1 nitrogen and oxygen atoms in total. The van der Waals surface area contributed by atoms with Crippen LogP contribution in [-0.4, -0.2) is 24.2 Å². The van der Waals surface area contributed by atoms with Crippen molar-refractivity contribution in [2.24, 2.45) is 5.92 Å². The van der Waals surface area contributed by atoms with Crippen LogP contribution >= 0.6 is 27.5 Å². The number of likely N-dealkylation sites (tertiary alicyclic amines) is 1. The van der Waals surface area contributed by atoms with E-state index in [0.29, 0.717) is 24.7 Å². The van der Waals surface area contributed by atoms with E-state index in [-0.39, 0.29) is 12.8 Å². The first-order chi connectivity index (χ1) is 8.88. The summed E-state index contributed by atoms with van der Waals surface area (Å²) in [6, 6.07) is 5.64. The van der Waals surface area contributed by atoms with Gasteiger partial charge in [0.1, 0.15) is 0 Å². The first-order valence-electron chi connectivity index (χ1n) is 6.10. The molecule has 0 atom stereocenters. The predicted molar refractivity (Wildman–Crippen MR) is 73.2 cm³/mol. The Kier molecular flexibility index (Phi) is 4.79. The fourth-order valence-electron chi connectivity index (χ4n) is 2.33. The number of halogens is 5. The zero-order valence-corrected chi connectivity index (χ0v) is 12.5. The molecule has 0 bridgehead atoms. The van der Waals surface area contributed by atoms with E-state index in [1.54, 1.807) is 0 Å². The van der Waals surface area contributed by atoms with Gasteiger partial charge in [-0.15, -0.1) is 0 Å². The molecule has 1 aromatic carbocycles. The van der Waals surface area contributed by atoms with Gasteiger partial charge in [-0.3, -0.25) is 4.90 Å². The topological polar surface area (TPSA) is 3.24 Å². The van der Waals surface area contributed by atoms with E-state index in [1.165, 1.54) is 0 Å². The second-order valence-electron chi connectivity index (χ2n) is 4.80.